The van der Waals surface area contributed by atoms with E-state index in [4.69, 9.17) is 34.0 Å². The maximum Gasteiger partial charge on any atom is 0.261 e. The number of rotatable bonds is 10. The summed E-state index contributed by atoms with van der Waals surface area (Å²) in [6.45, 7) is 13.0. The van der Waals surface area contributed by atoms with Gasteiger partial charge in [0, 0.05) is 25.6 Å². The number of nitrogens with zero attached hydrogens (tertiary/aromatic N) is 2. The van der Waals surface area contributed by atoms with Crippen LogP contribution in [0, 0.1) is 5.92 Å². The molecule has 210 valence electrons. The molecule has 10 heteroatoms. The molecule has 0 spiro atoms. The molecule has 1 aliphatic carbocycles. The fourth-order valence-corrected chi connectivity index (χ4v) is 10.1. The van der Waals surface area contributed by atoms with Crippen LogP contribution in [0.1, 0.15) is 53.9 Å². The second-order valence-electron chi connectivity index (χ2n) is 10.5. The molecule has 1 saturated carbocycles. The lowest BCUT2D eigenvalue weighted by atomic mass is 10.0. The van der Waals surface area contributed by atoms with E-state index >= 15 is 0 Å². The fourth-order valence-electron chi connectivity index (χ4n) is 5.11. The number of hydrogen-bond donors (Lipinski definition) is 4. The quantitative estimate of drug-likeness (QED) is 0.191. The molecule has 7 nitrogen and oxygen atoms in total. The van der Waals surface area contributed by atoms with E-state index in [2.05, 4.69) is 108 Å². The first-order valence-electron chi connectivity index (χ1n) is 13.7. The SMILES string of the molecule is CCNC(=S)N/N=C1\CCC(CCO[Si](c2ccccc2)(c2ccccc2)C(C)(C)C)\C1=N/NC(=S)NCC. The molecule has 1 fully saturated rings. The summed E-state index contributed by atoms with van der Waals surface area (Å²) in [6.07, 6.45) is 2.57. The lowest BCUT2D eigenvalue weighted by Crippen LogP contribution is -2.66. The number of hydrazone groups is 2. The van der Waals surface area contributed by atoms with Crippen molar-refractivity contribution in [3.8, 4) is 0 Å². The Bertz CT molecular complexity index is 1110. The van der Waals surface area contributed by atoms with Gasteiger partial charge in [-0.25, -0.2) is 0 Å². The van der Waals surface area contributed by atoms with Crippen LogP contribution >= 0.6 is 24.4 Å². The van der Waals surface area contributed by atoms with Crippen LogP contribution in [0.25, 0.3) is 0 Å². The third-order valence-electron chi connectivity index (χ3n) is 6.86. The van der Waals surface area contributed by atoms with Gasteiger partial charge in [0.15, 0.2) is 10.2 Å². The van der Waals surface area contributed by atoms with Crippen LogP contribution < -0.4 is 31.9 Å². The molecule has 0 radical (unpaired) electrons. The zero-order valence-corrected chi connectivity index (χ0v) is 26.3. The molecule has 4 N–H and O–H groups in total. The van der Waals surface area contributed by atoms with Crippen LogP contribution in [0.15, 0.2) is 70.9 Å². The largest absolute Gasteiger partial charge is 0.407 e. The standard InChI is InChI=1S/C29H42N6OS2Si/c1-6-30-27(37)34-32-25-19-18-22(26(25)33-35-28(38)31-7-2)20-21-36-39(29(3,4)5,23-14-10-8-11-15-23)24-16-12-9-13-17-24/h8-17,22H,6-7,18-21H2,1-5H3,(H2,30,34,37)(H2,31,35,38)/b32-25+,33-26+. The monoisotopic (exact) mass is 582 g/mol. The molecule has 39 heavy (non-hydrogen) atoms. The average molecular weight is 583 g/mol. The molecule has 2 aromatic rings. The Morgan fingerprint density at radius 3 is 1.87 bits per heavy atom. The molecule has 1 atom stereocenters. The van der Waals surface area contributed by atoms with Gasteiger partial charge in [-0.05, 0) is 73.0 Å². The Hall–Kier alpha value is -2.66. The van der Waals surface area contributed by atoms with Crippen LogP contribution in [0.3, 0.4) is 0 Å². The highest BCUT2D eigenvalue weighted by atomic mass is 32.1. The normalized spacial score (nSPS) is 17.7. The summed E-state index contributed by atoms with van der Waals surface area (Å²) in [5, 5.41) is 18.9. The summed E-state index contributed by atoms with van der Waals surface area (Å²) in [7, 11) is -2.60. The highest BCUT2D eigenvalue weighted by molar-refractivity contribution is 7.80. The van der Waals surface area contributed by atoms with E-state index < -0.39 is 8.32 Å². The zero-order chi connectivity index (χ0) is 28.3. The van der Waals surface area contributed by atoms with Crippen LogP contribution in [0.2, 0.25) is 5.04 Å². The number of thiocarbonyl (C=S) groups is 2. The minimum Gasteiger partial charge on any atom is -0.407 e. The molecule has 2 aromatic carbocycles. The van der Waals surface area contributed by atoms with Crippen molar-refractivity contribution in [3.05, 3.63) is 60.7 Å². The van der Waals surface area contributed by atoms with E-state index in [-0.39, 0.29) is 11.0 Å². The van der Waals surface area contributed by atoms with Gasteiger partial charge in [-0.1, -0.05) is 81.4 Å². The summed E-state index contributed by atoms with van der Waals surface area (Å²) in [6, 6.07) is 21.5. The second-order valence-corrected chi connectivity index (χ2v) is 15.7. The Balaban J connectivity index is 1.86. The van der Waals surface area contributed by atoms with Crippen LogP contribution in [-0.2, 0) is 4.43 Å². The van der Waals surface area contributed by atoms with E-state index in [1.165, 1.54) is 10.4 Å². The first-order chi connectivity index (χ1) is 18.7. The highest BCUT2D eigenvalue weighted by Crippen LogP contribution is 2.37. The zero-order valence-electron chi connectivity index (χ0n) is 23.7. The molecule has 0 bridgehead atoms. The minimum atomic E-state index is -2.60. The van der Waals surface area contributed by atoms with E-state index in [0.717, 1.165) is 43.8 Å². The molecular formula is C29H42N6OS2Si. The number of benzene rings is 2. The number of nitrogens with one attached hydrogen (secondary N) is 4. The molecule has 0 aliphatic heterocycles. The van der Waals surface area contributed by atoms with Crippen molar-refractivity contribution in [2.45, 2.75) is 58.9 Å². The Morgan fingerprint density at radius 1 is 0.872 bits per heavy atom. The van der Waals surface area contributed by atoms with Crippen molar-refractivity contribution in [2.24, 2.45) is 16.1 Å². The summed E-state index contributed by atoms with van der Waals surface area (Å²) >= 11 is 10.7. The molecule has 0 aromatic heterocycles. The van der Waals surface area contributed by atoms with Crippen LogP contribution in [-0.4, -0.2) is 49.7 Å². The Labute approximate surface area is 245 Å². The van der Waals surface area contributed by atoms with Gasteiger partial charge >= 0.3 is 0 Å². The van der Waals surface area contributed by atoms with Gasteiger partial charge in [0.05, 0.1) is 11.4 Å². The predicted molar refractivity (Wildman–Crippen MR) is 175 cm³/mol. The minimum absolute atomic E-state index is 0.0691. The van der Waals surface area contributed by atoms with Gasteiger partial charge in [-0.15, -0.1) is 0 Å². The lowest BCUT2D eigenvalue weighted by molar-refractivity contribution is 0.278. The van der Waals surface area contributed by atoms with E-state index in [1.54, 1.807) is 0 Å². The topological polar surface area (TPSA) is 82.1 Å². The van der Waals surface area contributed by atoms with Crippen molar-refractivity contribution in [1.29, 1.82) is 0 Å². The summed E-state index contributed by atoms with van der Waals surface area (Å²) in [5.74, 6) is 0.188. The van der Waals surface area contributed by atoms with Crippen molar-refractivity contribution in [2.75, 3.05) is 19.7 Å². The third kappa shape index (κ3) is 7.94. The second kappa shape index (κ2) is 14.6. The van der Waals surface area contributed by atoms with Gasteiger partial charge < -0.3 is 15.1 Å². The Kier molecular flexibility index (Phi) is 11.6. The summed E-state index contributed by atoms with van der Waals surface area (Å²) in [4.78, 5) is 0. The Morgan fingerprint density at radius 2 is 1.38 bits per heavy atom. The van der Waals surface area contributed by atoms with E-state index in [0.29, 0.717) is 16.8 Å². The van der Waals surface area contributed by atoms with E-state index in [1.807, 2.05) is 13.8 Å². The third-order valence-corrected chi connectivity index (χ3v) is 12.4. The smallest absolute Gasteiger partial charge is 0.261 e. The van der Waals surface area contributed by atoms with Gasteiger partial charge in [-0.3, -0.25) is 10.9 Å². The summed E-state index contributed by atoms with van der Waals surface area (Å²) < 4.78 is 7.15. The predicted octanol–water partition coefficient (Wildman–Crippen LogP) is 4.04. The van der Waals surface area contributed by atoms with Crippen molar-refractivity contribution in [1.82, 2.24) is 21.5 Å². The maximum atomic E-state index is 7.15. The molecule has 0 saturated heterocycles. The molecule has 0 amide bonds. The number of hydrogen-bond acceptors (Lipinski definition) is 5. The molecule has 1 aliphatic rings. The lowest BCUT2D eigenvalue weighted by Gasteiger charge is -2.43. The first-order valence-corrected chi connectivity index (χ1v) is 16.4. The van der Waals surface area contributed by atoms with Crippen molar-refractivity contribution in [3.63, 3.8) is 0 Å². The molecule has 1 unspecified atom stereocenters. The van der Waals surface area contributed by atoms with Crippen LogP contribution in [0.4, 0.5) is 0 Å². The molecular weight excluding hydrogens is 541 g/mol. The van der Waals surface area contributed by atoms with Gasteiger partial charge in [0.1, 0.15) is 0 Å². The van der Waals surface area contributed by atoms with Crippen LogP contribution in [0.5, 0.6) is 0 Å². The van der Waals surface area contributed by atoms with Gasteiger partial charge in [0.25, 0.3) is 8.32 Å². The summed E-state index contributed by atoms with van der Waals surface area (Å²) in [5.41, 5.74) is 7.74. The first kappa shape index (κ1) is 30.9. The maximum absolute atomic E-state index is 7.15. The van der Waals surface area contributed by atoms with E-state index in [9.17, 15) is 0 Å². The van der Waals surface area contributed by atoms with Gasteiger partial charge in [-0.2, -0.15) is 10.2 Å². The van der Waals surface area contributed by atoms with Crippen molar-refractivity contribution < 1.29 is 4.43 Å². The highest BCUT2D eigenvalue weighted by Gasteiger charge is 2.50. The van der Waals surface area contributed by atoms with Gasteiger partial charge in [0.2, 0.25) is 0 Å². The average Bonchev–Trinajstić information content (AvgIpc) is 3.30. The molecule has 0 heterocycles. The fraction of sp³-hybridized carbons (Fsp3) is 0.448. The molecule has 3 rings (SSSR count). The van der Waals surface area contributed by atoms with Crippen molar-refractivity contribution >= 4 is 64.8 Å².